The first kappa shape index (κ1) is 21.4. The summed E-state index contributed by atoms with van der Waals surface area (Å²) in [5.74, 6) is 0.106. The van der Waals surface area contributed by atoms with Gasteiger partial charge < -0.3 is 4.90 Å². The zero-order chi connectivity index (χ0) is 21.0. The van der Waals surface area contributed by atoms with Crippen molar-refractivity contribution in [3.05, 3.63) is 46.9 Å². The molecule has 2 saturated heterocycles. The Morgan fingerprint density at radius 3 is 2.47 bits per heavy atom. The molecule has 0 unspecified atom stereocenters. The van der Waals surface area contributed by atoms with Crippen molar-refractivity contribution in [2.24, 2.45) is 5.92 Å². The van der Waals surface area contributed by atoms with Gasteiger partial charge in [0.1, 0.15) is 4.90 Å². The number of sulfonamides is 1. The molecule has 0 atom stereocenters. The summed E-state index contributed by atoms with van der Waals surface area (Å²) in [4.78, 5) is 22.9. The maximum absolute atomic E-state index is 13.0. The second-order valence-corrected chi connectivity index (χ2v) is 10.8. The number of carbonyl (C=O) groups is 1. The van der Waals surface area contributed by atoms with Crippen molar-refractivity contribution in [1.82, 2.24) is 19.1 Å². The number of thiophene rings is 1. The van der Waals surface area contributed by atoms with Gasteiger partial charge in [-0.2, -0.15) is 4.31 Å². The molecule has 30 heavy (non-hydrogen) atoms. The zero-order valence-electron chi connectivity index (χ0n) is 17.0. The Kier molecular flexibility index (Phi) is 6.82. The van der Waals surface area contributed by atoms with Crippen LogP contribution in [0.25, 0.3) is 0 Å². The molecule has 2 aliphatic rings. The molecule has 2 aliphatic heterocycles. The van der Waals surface area contributed by atoms with Gasteiger partial charge in [-0.15, -0.1) is 11.3 Å². The van der Waals surface area contributed by atoms with Gasteiger partial charge in [-0.1, -0.05) is 6.07 Å². The van der Waals surface area contributed by atoms with E-state index < -0.39 is 10.0 Å². The Morgan fingerprint density at radius 1 is 1.07 bits per heavy atom. The first-order valence-electron chi connectivity index (χ1n) is 10.5. The van der Waals surface area contributed by atoms with Crippen molar-refractivity contribution < 1.29 is 13.2 Å². The van der Waals surface area contributed by atoms with Gasteiger partial charge in [-0.05, 0) is 42.8 Å². The molecule has 162 valence electrons. The second-order valence-electron chi connectivity index (χ2n) is 7.86. The zero-order valence-corrected chi connectivity index (χ0v) is 18.7. The molecule has 4 rings (SSSR count). The average Bonchev–Trinajstić information content (AvgIpc) is 3.32. The largest absolute Gasteiger partial charge is 0.340 e. The van der Waals surface area contributed by atoms with Crippen molar-refractivity contribution in [1.29, 1.82) is 0 Å². The summed E-state index contributed by atoms with van der Waals surface area (Å²) in [7, 11) is -3.53. The van der Waals surface area contributed by atoms with Gasteiger partial charge in [0.05, 0.1) is 0 Å². The standard InChI is InChI=1S/C21H28N4O3S2/c26-21(24-14-12-23(13-15-24)9-7-19-3-2-16-29-19)18-5-10-25(11-6-18)30(27,28)20-4-1-8-22-17-20/h1-4,8,16-18H,5-7,9-15H2. The molecule has 2 aromatic rings. The Bertz CT molecular complexity index is 918. The van der Waals surface area contributed by atoms with Gasteiger partial charge in [0.2, 0.25) is 15.9 Å². The number of carbonyl (C=O) groups excluding carboxylic acids is 1. The molecule has 0 N–H and O–H groups in total. The summed E-state index contributed by atoms with van der Waals surface area (Å²) in [6.45, 7) is 5.14. The van der Waals surface area contributed by atoms with Crippen LogP contribution in [0.2, 0.25) is 0 Å². The molecule has 0 aromatic carbocycles. The minimum absolute atomic E-state index is 0.0805. The van der Waals surface area contributed by atoms with E-state index in [4.69, 9.17) is 0 Å². The van der Waals surface area contributed by atoms with E-state index in [1.165, 1.54) is 15.4 Å². The van der Waals surface area contributed by atoms with E-state index in [-0.39, 0.29) is 16.7 Å². The highest BCUT2D eigenvalue weighted by Crippen LogP contribution is 2.25. The van der Waals surface area contributed by atoms with E-state index in [0.29, 0.717) is 25.9 Å². The second kappa shape index (κ2) is 9.55. The van der Waals surface area contributed by atoms with Gasteiger partial charge in [-0.3, -0.25) is 14.7 Å². The minimum Gasteiger partial charge on any atom is -0.340 e. The monoisotopic (exact) mass is 448 g/mol. The van der Waals surface area contributed by atoms with Crippen LogP contribution in [0.4, 0.5) is 0 Å². The van der Waals surface area contributed by atoms with E-state index in [2.05, 4.69) is 27.4 Å². The van der Waals surface area contributed by atoms with Crippen LogP contribution in [0.1, 0.15) is 17.7 Å². The molecule has 0 aliphatic carbocycles. The van der Waals surface area contributed by atoms with Crippen LogP contribution in [-0.4, -0.2) is 79.2 Å². The van der Waals surface area contributed by atoms with E-state index in [1.54, 1.807) is 29.7 Å². The summed E-state index contributed by atoms with van der Waals surface area (Å²) in [5, 5.41) is 2.11. The number of nitrogens with zero attached hydrogens (tertiary/aromatic N) is 4. The van der Waals surface area contributed by atoms with Crippen molar-refractivity contribution in [2.45, 2.75) is 24.2 Å². The molecule has 9 heteroatoms. The lowest BCUT2D eigenvalue weighted by Crippen LogP contribution is -2.52. The Morgan fingerprint density at radius 2 is 1.83 bits per heavy atom. The van der Waals surface area contributed by atoms with Crippen molar-refractivity contribution in [2.75, 3.05) is 45.8 Å². The van der Waals surface area contributed by atoms with E-state index in [9.17, 15) is 13.2 Å². The number of piperazine rings is 1. The maximum Gasteiger partial charge on any atom is 0.244 e. The van der Waals surface area contributed by atoms with Crippen LogP contribution in [0.5, 0.6) is 0 Å². The SMILES string of the molecule is O=C(C1CCN(S(=O)(=O)c2cccnc2)CC1)N1CCN(CCc2cccs2)CC1. The minimum atomic E-state index is -3.53. The molecule has 0 spiro atoms. The van der Waals surface area contributed by atoms with Gasteiger partial charge in [0.15, 0.2) is 0 Å². The molecule has 0 radical (unpaired) electrons. The van der Waals surface area contributed by atoms with Crippen LogP contribution in [-0.2, 0) is 21.2 Å². The number of hydrogen-bond acceptors (Lipinski definition) is 6. The van der Waals surface area contributed by atoms with E-state index in [1.807, 2.05) is 4.90 Å². The van der Waals surface area contributed by atoms with Gasteiger partial charge in [0, 0.05) is 69.0 Å². The van der Waals surface area contributed by atoms with Crippen LogP contribution < -0.4 is 0 Å². The lowest BCUT2D eigenvalue weighted by atomic mass is 9.96. The molecule has 0 saturated carbocycles. The number of hydrogen-bond donors (Lipinski definition) is 0. The summed E-state index contributed by atoms with van der Waals surface area (Å²) < 4.78 is 27.0. The number of pyridine rings is 1. The number of aromatic nitrogens is 1. The average molecular weight is 449 g/mol. The first-order valence-corrected chi connectivity index (χ1v) is 12.8. The van der Waals surface area contributed by atoms with Crippen LogP contribution in [0.3, 0.4) is 0 Å². The summed E-state index contributed by atoms with van der Waals surface area (Å²) in [5.41, 5.74) is 0. The van der Waals surface area contributed by atoms with E-state index >= 15 is 0 Å². The maximum atomic E-state index is 13.0. The van der Waals surface area contributed by atoms with Crippen LogP contribution in [0.15, 0.2) is 46.9 Å². The molecule has 4 heterocycles. The van der Waals surface area contributed by atoms with Gasteiger partial charge >= 0.3 is 0 Å². The molecular formula is C21H28N4O3S2. The quantitative estimate of drug-likeness (QED) is 0.675. The predicted octanol–water partition coefficient (Wildman–Crippen LogP) is 1.93. The molecule has 2 aromatic heterocycles. The molecule has 2 fully saturated rings. The predicted molar refractivity (Wildman–Crippen MR) is 117 cm³/mol. The third-order valence-electron chi connectivity index (χ3n) is 6.01. The van der Waals surface area contributed by atoms with Crippen LogP contribution >= 0.6 is 11.3 Å². The number of amides is 1. The number of rotatable bonds is 6. The van der Waals surface area contributed by atoms with Gasteiger partial charge in [-0.25, -0.2) is 8.42 Å². The summed E-state index contributed by atoms with van der Waals surface area (Å²) >= 11 is 1.79. The third-order valence-corrected chi connectivity index (χ3v) is 8.83. The van der Waals surface area contributed by atoms with Crippen molar-refractivity contribution >= 4 is 27.3 Å². The normalized spacial score (nSPS) is 19.8. The fourth-order valence-corrected chi connectivity index (χ4v) is 6.30. The highest BCUT2D eigenvalue weighted by molar-refractivity contribution is 7.89. The smallest absolute Gasteiger partial charge is 0.244 e. The lowest BCUT2D eigenvalue weighted by molar-refractivity contribution is -0.138. The summed E-state index contributed by atoms with van der Waals surface area (Å²) in [6, 6.07) is 7.45. The molecule has 0 bridgehead atoms. The molecular weight excluding hydrogens is 420 g/mol. The first-order chi connectivity index (χ1) is 14.5. The lowest BCUT2D eigenvalue weighted by Gasteiger charge is -2.38. The van der Waals surface area contributed by atoms with Crippen LogP contribution in [0, 0.1) is 5.92 Å². The van der Waals surface area contributed by atoms with Gasteiger partial charge in [0.25, 0.3) is 0 Å². The summed E-state index contributed by atoms with van der Waals surface area (Å²) in [6.07, 6.45) is 5.17. The Labute approximate surface area is 182 Å². The fraction of sp³-hybridized carbons (Fsp3) is 0.524. The van der Waals surface area contributed by atoms with Crippen molar-refractivity contribution in [3.8, 4) is 0 Å². The topological polar surface area (TPSA) is 73.8 Å². The molecule has 1 amide bonds. The third kappa shape index (κ3) is 4.91. The Hall–Kier alpha value is -1.81. The fourth-order valence-electron chi connectivity index (χ4n) is 4.17. The van der Waals surface area contributed by atoms with E-state index in [0.717, 1.165) is 39.1 Å². The molecule has 7 nitrogen and oxygen atoms in total. The highest BCUT2D eigenvalue weighted by atomic mass is 32.2. The highest BCUT2D eigenvalue weighted by Gasteiger charge is 2.34. The van der Waals surface area contributed by atoms with Crippen molar-refractivity contribution in [3.63, 3.8) is 0 Å². The Balaban J connectivity index is 1.24. The number of piperidine rings is 1.